The molecule has 0 atom stereocenters. The monoisotopic (exact) mass is 337 g/mol. The zero-order chi connectivity index (χ0) is 19.2. The number of anilines is 1. The summed E-state index contributed by atoms with van der Waals surface area (Å²) in [6, 6.07) is 8.97. The third-order valence-corrected chi connectivity index (χ3v) is 5.19. The number of benzene rings is 2. The Morgan fingerprint density at radius 1 is 0.680 bits per heavy atom. The molecule has 0 saturated heterocycles. The quantitative estimate of drug-likeness (QED) is 0.632. The van der Waals surface area contributed by atoms with Gasteiger partial charge in [0.25, 0.3) is 0 Å². The first-order valence-corrected chi connectivity index (χ1v) is 9.31. The molecule has 1 heteroatoms. The maximum atomic E-state index is 6.25. The summed E-state index contributed by atoms with van der Waals surface area (Å²) in [5, 5.41) is 0. The highest BCUT2D eigenvalue weighted by Crippen LogP contribution is 2.33. The van der Waals surface area contributed by atoms with E-state index in [4.69, 9.17) is 5.73 Å². The molecule has 25 heavy (non-hydrogen) atoms. The number of hydrogen-bond donors (Lipinski definition) is 1. The van der Waals surface area contributed by atoms with Crippen LogP contribution in [0.3, 0.4) is 0 Å². The molecule has 0 aliphatic heterocycles. The van der Waals surface area contributed by atoms with E-state index in [0.717, 1.165) is 12.1 Å². The summed E-state index contributed by atoms with van der Waals surface area (Å²) in [7, 11) is 0. The molecule has 136 valence electrons. The van der Waals surface area contributed by atoms with Crippen LogP contribution in [-0.2, 0) is 17.3 Å². The van der Waals surface area contributed by atoms with E-state index in [9.17, 15) is 0 Å². The standard InChI is InChI=1S/C24H35N/c1-15-10-18(16(2)21(11-15)23(4,5)6)12-19-13-20(25)14-22(17(19)3)24(7,8)9/h10-11,13-14H,12,25H2,1-9H3. The van der Waals surface area contributed by atoms with E-state index >= 15 is 0 Å². The lowest BCUT2D eigenvalue weighted by Crippen LogP contribution is -2.16. The molecule has 0 aliphatic rings. The molecule has 0 fully saturated rings. The van der Waals surface area contributed by atoms with E-state index in [1.165, 1.54) is 38.9 Å². The predicted octanol–water partition coefficient (Wildman–Crippen LogP) is 6.38. The van der Waals surface area contributed by atoms with Gasteiger partial charge in [-0.15, -0.1) is 0 Å². The van der Waals surface area contributed by atoms with Crippen LogP contribution in [0, 0.1) is 20.8 Å². The Morgan fingerprint density at radius 3 is 1.60 bits per heavy atom. The molecule has 0 radical (unpaired) electrons. The predicted molar refractivity (Wildman–Crippen MR) is 112 cm³/mol. The summed E-state index contributed by atoms with van der Waals surface area (Å²) < 4.78 is 0. The largest absolute Gasteiger partial charge is 0.399 e. The van der Waals surface area contributed by atoms with Gasteiger partial charge in [-0.05, 0) is 83.5 Å². The van der Waals surface area contributed by atoms with Gasteiger partial charge < -0.3 is 5.73 Å². The van der Waals surface area contributed by atoms with Crippen LogP contribution in [0.4, 0.5) is 5.69 Å². The number of hydrogen-bond acceptors (Lipinski definition) is 1. The van der Waals surface area contributed by atoms with E-state index in [1.807, 2.05) is 0 Å². The Balaban J connectivity index is 2.58. The first-order chi connectivity index (χ1) is 11.3. The topological polar surface area (TPSA) is 26.0 Å². The van der Waals surface area contributed by atoms with Crippen LogP contribution in [0.5, 0.6) is 0 Å². The van der Waals surface area contributed by atoms with Gasteiger partial charge in [0.05, 0.1) is 0 Å². The van der Waals surface area contributed by atoms with Crippen LogP contribution in [0.1, 0.15) is 80.5 Å². The second-order valence-corrected chi connectivity index (χ2v) is 9.63. The lowest BCUT2D eigenvalue weighted by Gasteiger charge is -2.26. The summed E-state index contributed by atoms with van der Waals surface area (Å²) in [6.45, 7) is 20.4. The molecule has 2 aromatic carbocycles. The molecule has 2 aromatic rings. The Morgan fingerprint density at radius 2 is 1.12 bits per heavy atom. The van der Waals surface area contributed by atoms with E-state index in [0.29, 0.717) is 0 Å². The van der Waals surface area contributed by atoms with Gasteiger partial charge in [0.1, 0.15) is 0 Å². The highest BCUT2D eigenvalue weighted by molar-refractivity contribution is 5.54. The van der Waals surface area contributed by atoms with E-state index in [-0.39, 0.29) is 10.8 Å². The van der Waals surface area contributed by atoms with Crippen molar-refractivity contribution >= 4 is 5.69 Å². The molecule has 0 amide bonds. The molecule has 2 N–H and O–H groups in total. The van der Waals surface area contributed by atoms with E-state index < -0.39 is 0 Å². The lowest BCUT2D eigenvalue weighted by molar-refractivity contribution is 0.583. The zero-order valence-corrected chi connectivity index (χ0v) is 17.6. The van der Waals surface area contributed by atoms with Gasteiger partial charge in [-0.25, -0.2) is 0 Å². The molecule has 0 heterocycles. The molecule has 2 rings (SSSR count). The fourth-order valence-corrected chi connectivity index (χ4v) is 3.86. The van der Waals surface area contributed by atoms with Gasteiger partial charge in [0.2, 0.25) is 0 Å². The van der Waals surface area contributed by atoms with Crippen molar-refractivity contribution in [2.24, 2.45) is 0 Å². The van der Waals surface area contributed by atoms with Crippen LogP contribution in [0.2, 0.25) is 0 Å². The minimum absolute atomic E-state index is 0.104. The normalized spacial score (nSPS) is 12.5. The van der Waals surface area contributed by atoms with Crippen molar-refractivity contribution in [1.29, 1.82) is 0 Å². The summed E-state index contributed by atoms with van der Waals surface area (Å²) in [6.07, 6.45) is 0.941. The van der Waals surface area contributed by atoms with Crippen molar-refractivity contribution in [1.82, 2.24) is 0 Å². The van der Waals surface area contributed by atoms with Gasteiger partial charge in [-0.1, -0.05) is 59.2 Å². The average molecular weight is 338 g/mol. The lowest BCUT2D eigenvalue weighted by atomic mass is 9.79. The molecule has 0 aliphatic carbocycles. The molecule has 0 bridgehead atoms. The molecule has 0 spiro atoms. The summed E-state index contributed by atoms with van der Waals surface area (Å²) in [5.74, 6) is 0. The second kappa shape index (κ2) is 6.52. The fraction of sp³-hybridized carbons (Fsp3) is 0.500. The summed E-state index contributed by atoms with van der Waals surface area (Å²) >= 11 is 0. The van der Waals surface area contributed by atoms with Crippen LogP contribution in [0.25, 0.3) is 0 Å². The minimum Gasteiger partial charge on any atom is -0.399 e. The Kier molecular flexibility index (Phi) is 5.10. The van der Waals surface area contributed by atoms with Crippen molar-refractivity contribution in [2.75, 3.05) is 5.73 Å². The number of nitrogen functional groups attached to an aromatic ring is 1. The van der Waals surface area contributed by atoms with Gasteiger partial charge in [-0.3, -0.25) is 0 Å². The third-order valence-electron chi connectivity index (χ3n) is 5.19. The van der Waals surface area contributed by atoms with Crippen molar-refractivity contribution < 1.29 is 0 Å². The van der Waals surface area contributed by atoms with Crippen LogP contribution in [-0.4, -0.2) is 0 Å². The Hall–Kier alpha value is -1.76. The van der Waals surface area contributed by atoms with Gasteiger partial charge in [-0.2, -0.15) is 0 Å². The van der Waals surface area contributed by atoms with E-state index in [1.54, 1.807) is 0 Å². The maximum Gasteiger partial charge on any atom is 0.0320 e. The molecule has 0 saturated carbocycles. The number of nitrogens with two attached hydrogens (primary N) is 1. The molecule has 0 aromatic heterocycles. The van der Waals surface area contributed by atoms with Crippen molar-refractivity contribution in [2.45, 2.75) is 79.6 Å². The summed E-state index contributed by atoms with van der Waals surface area (Å²) in [5.41, 5.74) is 17.1. The Labute approximate surface area is 154 Å². The van der Waals surface area contributed by atoms with Gasteiger partial charge >= 0.3 is 0 Å². The Bertz CT molecular complexity index is 716. The smallest absolute Gasteiger partial charge is 0.0320 e. The minimum atomic E-state index is 0.104. The first-order valence-electron chi connectivity index (χ1n) is 9.31. The third kappa shape index (κ3) is 4.26. The van der Waals surface area contributed by atoms with E-state index in [2.05, 4.69) is 86.6 Å². The van der Waals surface area contributed by atoms with Crippen LogP contribution >= 0.6 is 0 Å². The van der Waals surface area contributed by atoms with Gasteiger partial charge in [0.15, 0.2) is 0 Å². The highest BCUT2D eigenvalue weighted by atomic mass is 14.5. The van der Waals surface area contributed by atoms with Crippen LogP contribution < -0.4 is 5.73 Å². The second-order valence-electron chi connectivity index (χ2n) is 9.63. The zero-order valence-electron chi connectivity index (χ0n) is 17.6. The van der Waals surface area contributed by atoms with Gasteiger partial charge in [0, 0.05) is 5.69 Å². The number of rotatable bonds is 2. The molecule has 1 nitrogen and oxygen atoms in total. The first kappa shape index (κ1) is 19.6. The van der Waals surface area contributed by atoms with Crippen molar-refractivity contribution in [3.8, 4) is 0 Å². The van der Waals surface area contributed by atoms with Crippen molar-refractivity contribution in [3.05, 3.63) is 63.2 Å². The maximum absolute atomic E-state index is 6.25. The van der Waals surface area contributed by atoms with Crippen molar-refractivity contribution in [3.63, 3.8) is 0 Å². The highest BCUT2D eigenvalue weighted by Gasteiger charge is 2.21. The SMILES string of the molecule is Cc1cc(Cc2cc(N)cc(C(C)(C)C)c2C)c(C)c(C(C)(C)C)c1. The summed E-state index contributed by atoms with van der Waals surface area (Å²) in [4.78, 5) is 0. The number of aryl methyl sites for hydroxylation is 1. The molecular formula is C24H35N. The fourth-order valence-electron chi connectivity index (χ4n) is 3.86. The van der Waals surface area contributed by atoms with Crippen LogP contribution in [0.15, 0.2) is 24.3 Å². The molecular weight excluding hydrogens is 302 g/mol. The molecule has 0 unspecified atom stereocenters. The average Bonchev–Trinajstić information content (AvgIpc) is 2.43.